The van der Waals surface area contributed by atoms with Gasteiger partial charge in [0.2, 0.25) is 0 Å². The monoisotopic (exact) mass is 286 g/mol. The largest absolute Gasteiger partial charge is 0.445 e. The highest BCUT2D eigenvalue weighted by Gasteiger charge is 2.30. The highest BCUT2D eigenvalue weighted by atomic mass is 16.4. The molecule has 1 aliphatic carbocycles. The van der Waals surface area contributed by atoms with E-state index in [1.807, 2.05) is 6.92 Å². The zero-order valence-electron chi connectivity index (χ0n) is 12.1. The maximum Gasteiger partial charge on any atom is 0.274 e. The fraction of sp³-hybridized carbons (Fsp3) is 0.533. The summed E-state index contributed by atoms with van der Waals surface area (Å²) in [7, 11) is 0. The summed E-state index contributed by atoms with van der Waals surface area (Å²) >= 11 is 0. The van der Waals surface area contributed by atoms with Crippen molar-refractivity contribution in [3.05, 3.63) is 34.8 Å². The molecule has 1 fully saturated rings. The molecule has 1 N–H and O–H groups in total. The molecule has 2 aliphatic rings. The number of carbonyl (C=O) groups is 1. The SMILES string of the molecule is Cc1cc(C(=O)N2CCc3oc(C4CCC4)nc3C2)n[nH]1. The predicted octanol–water partition coefficient (Wildman–Crippen LogP) is 2.17. The number of nitrogens with one attached hydrogen (secondary N) is 1. The summed E-state index contributed by atoms with van der Waals surface area (Å²) < 4.78 is 5.88. The van der Waals surface area contributed by atoms with E-state index in [0.29, 0.717) is 24.7 Å². The van der Waals surface area contributed by atoms with Crippen molar-refractivity contribution in [2.75, 3.05) is 6.54 Å². The number of fused-ring (bicyclic) bond motifs is 1. The van der Waals surface area contributed by atoms with E-state index in [1.165, 1.54) is 19.3 Å². The molecule has 0 radical (unpaired) electrons. The Morgan fingerprint density at radius 1 is 1.48 bits per heavy atom. The molecule has 0 spiro atoms. The van der Waals surface area contributed by atoms with Crippen LogP contribution in [0.15, 0.2) is 10.5 Å². The van der Waals surface area contributed by atoms with Gasteiger partial charge in [-0.1, -0.05) is 6.42 Å². The van der Waals surface area contributed by atoms with Crippen LogP contribution in [0.2, 0.25) is 0 Å². The smallest absolute Gasteiger partial charge is 0.274 e. The Hall–Kier alpha value is -2.11. The lowest BCUT2D eigenvalue weighted by Gasteiger charge is -2.24. The number of amides is 1. The summed E-state index contributed by atoms with van der Waals surface area (Å²) in [5.74, 6) is 2.28. The molecule has 0 aromatic carbocycles. The average molecular weight is 286 g/mol. The molecule has 4 rings (SSSR count). The lowest BCUT2D eigenvalue weighted by Crippen LogP contribution is -2.36. The van der Waals surface area contributed by atoms with Gasteiger partial charge in [0.15, 0.2) is 5.89 Å². The predicted molar refractivity (Wildman–Crippen MR) is 74.9 cm³/mol. The Morgan fingerprint density at radius 2 is 2.33 bits per heavy atom. The lowest BCUT2D eigenvalue weighted by atomic mass is 9.85. The lowest BCUT2D eigenvalue weighted by molar-refractivity contribution is 0.0721. The first-order chi connectivity index (χ1) is 10.2. The Labute approximate surface area is 122 Å². The fourth-order valence-electron chi connectivity index (χ4n) is 2.91. The van der Waals surface area contributed by atoms with Gasteiger partial charge in [0.25, 0.3) is 5.91 Å². The number of aromatic nitrogens is 3. The van der Waals surface area contributed by atoms with Crippen molar-refractivity contribution in [2.24, 2.45) is 0 Å². The van der Waals surface area contributed by atoms with Crippen LogP contribution in [0.4, 0.5) is 0 Å². The van der Waals surface area contributed by atoms with Crippen molar-refractivity contribution in [1.29, 1.82) is 0 Å². The van der Waals surface area contributed by atoms with Crippen LogP contribution in [0.25, 0.3) is 0 Å². The van der Waals surface area contributed by atoms with E-state index < -0.39 is 0 Å². The molecule has 0 saturated heterocycles. The van der Waals surface area contributed by atoms with Gasteiger partial charge in [-0.3, -0.25) is 9.89 Å². The number of aryl methyl sites for hydroxylation is 1. The molecule has 6 nitrogen and oxygen atoms in total. The molecule has 110 valence electrons. The third kappa shape index (κ3) is 2.14. The van der Waals surface area contributed by atoms with Crippen LogP contribution in [-0.4, -0.2) is 32.5 Å². The number of oxazole rings is 1. The number of hydrogen-bond acceptors (Lipinski definition) is 4. The minimum absolute atomic E-state index is 0.0433. The summed E-state index contributed by atoms with van der Waals surface area (Å²) in [5, 5.41) is 6.85. The Bertz CT molecular complexity index is 684. The quantitative estimate of drug-likeness (QED) is 0.918. The van der Waals surface area contributed by atoms with Crippen molar-refractivity contribution >= 4 is 5.91 Å². The first-order valence-electron chi connectivity index (χ1n) is 7.50. The summed E-state index contributed by atoms with van der Waals surface area (Å²) in [6.07, 6.45) is 4.36. The molecule has 3 heterocycles. The highest BCUT2D eigenvalue weighted by molar-refractivity contribution is 5.92. The molecule has 2 aromatic heterocycles. The molecule has 1 amide bonds. The molecule has 0 bridgehead atoms. The first kappa shape index (κ1) is 12.6. The van der Waals surface area contributed by atoms with Crippen molar-refractivity contribution < 1.29 is 9.21 Å². The molecule has 2 aromatic rings. The van der Waals surface area contributed by atoms with Crippen molar-refractivity contribution in [2.45, 2.75) is 45.1 Å². The molecular formula is C15H18N4O2. The van der Waals surface area contributed by atoms with Crippen LogP contribution in [0.1, 0.15) is 58.7 Å². The normalized spacial score (nSPS) is 18.4. The van der Waals surface area contributed by atoms with Gasteiger partial charge in [-0.15, -0.1) is 0 Å². The third-order valence-electron chi connectivity index (χ3n) is 4.41. The maximum atomic E-state index is 12.4. The van der Waals surface area contributed by atoms with E-state index in [4.69, 9.17) is 4.42 Å². The fourth-order valence-corrected chi connectivity index (χ4v) is 2.91. The van der Waals surface area contributed by atoms with E-state index in [1.54, 1.807) is 11.0 Å². The molecule has 1 aliphatic heterocycles. The molecule has 1 saturated carbocycles. The van der Waals surface area contributed by atoms with Crippen LogP contribution < -0.4 is 0 Å². The van der Waals surface area contributed by atoms with E-state index in [2.05, 4.69) is 15.2 Å². The average Bonchev–Trinajstić information content (AvgIpc) is 3.01. The number of H-pyrrole nitrogens is 1. The third-order valence-corrected chi connectivity index (χ3v) is 4.41. The second-order valence-electron chi connectivity index (χ2n) is 5.96. The number of carbonyl (C=O) groups excluding carboxylic acids is 1. The standard InChI is InChI=1S/C15H18N4O2/c1-9-7-11(18-17-9)15(20)19-6-5-13-12(8-19)16-14(21-13)10-3-2-4-10/h7,10H,2-6,8H2,1H3,(H,17,18). The van der Waals surface area contributed by atoms with E-state index >= 15 is 0 Å². The van der Waals surface area contributed by atoms with Gasteiger partial charge in [0, 0.05) is 24.6 Å². The van der Waals surface area contributed by atoms with Crippen molar-refractivity contribution in [1.82, 2.24) is 20.1 Å². The Balaban J connectivity index is 1.53. The number of hydrogen-bond donors (Lipinski definition) is 1. The minimum atomic E-state index is -0.0433. The number of rotatable bonds is 2. The molecule has 0 atom stereocenters. The van der Waals surface area contributed by atoms with E-state index in [0.717, 1.165) is 29.5 Å². The summed E-state index contributed by atoms with van der Waals surface area (Å²) in [6.45, 7) is 3.08. The zero-order chi connectivity index (χ0) is 14.4. The molecule has 6 heteroatoms. The first-order valence-corrected chi connectivity index (χ1v) is 7.50. The molecule has 0 unspecified atom stereocenters. The van der Waals surface area contributed by atoms with Gasteiger partial charge in [-0.25, -0.2) is 4.98 Å². The summed E-state index contributed by atoms with van der Waals surface area (Å²) in [5.41, 5.74) is 2.28. The number of aromatic amines is 1. The topological polar surface area (TPSA) is 75.0 Å². The van der Waals surface area contributed by atoms with Gasteiger partial charge in [0.1, 0.15) is 17.1 Å². The Kier molecular flexibility index (Phi) is 2.83. The summed E-state index contributed by atoms with van der Waals surface area (Å²) in [4.78, 5) is 18.8. The van der Waals surface area contributed by atoms with Gasteiger partial charge in [-0.05, 0) is 25.8 Å². The van der Waals surface area contributed by atoms with Gasteiger partial charge < -0.3 is 9.32 Å². The molecule has 21 heavy (non-hydrogen) atoms. The Morgan fingerprint density at radius 3 is 3.00 bits per heavy atom. The van der Waals surface area contributed by atoms with Crippen LogP contribution in [0, 0.1) is 6.92 Å². The highest BCUT2D eigenvalue weighted by Crippen LogP contribution is 2.37. The van der Waals surface area contributed by atoms with Crippen LogP contribution in [-0.2, 0) is 13.0 Å². The van der Waals surface area contributed by atoms with Crippen LogP contribution in [0.5, 0.6) is 0 Å². The van der Waals surface area contributed by atoms with Gasteiger partial charge in [-0.2, -0.15) is 5.10 Å². The van der Waals surface area contributed by atoms with E-state index in [9.17, 15) is 4.79 Å². The van der Waals surface area contributed by atoms with Crippen LogP contribution in [0.3, 0.4) is 0 Å². The maximum absolute atomic E-state index is 12.4. The van der Waals surface area contributed by atoms with E-state index in [-0.39, 0.29) is 5.91 Å². The summed E-state index contributed by atoms with van der Waals surface area (Å²) in [6, 6.07) is 1.78. The zero-order valence-corrected chi connectivity index (χ0v) is 12.1. The van der Waals surface area contributed by atoms with Crippen LogP contribution >= 0.6 is 0 Å². The molecular weight excluding hydrogens is 268 g/mol. The van der Waals surface area contributed by atoms with Gasteiger partial charge in [0.05, 0.1) is 6.54 Å². The second-order valence-corrected chi connectivity index (χ2v) is 5.96. The van der Waals surface area contributed by atoms with Gasteiger partial charge >= 0.3 is 0 Å². The second kappa shape index (κ2) is 4.72. The van der Waals surface area contributed by atoms with Crippen molar-refractivity contribution in [3.63, 3.8) is 0 Å². The minimum Gasteiger partial charge on any atom is -0.445 e. The van der Waals surface area contributed by atoms with Crippen molar-refractivity contribution in [3.8, 4) is 0 Å². The number of nitrogens with zero attached hydrogens (tertiary/aromatic N) is 3.